The normalized spacial score (nSPS) is 16.5. The summed E-state index contributed by atoms with van der Waals surface area (Å²) in [6.45, 7) is 0. The largest absolute Gasteiger partial charge is 0.497 e. The lowest BCUT2D eigenvalue weighted by atomic mass is 9.71. The second-order valence-corrected chi connectivity index (χ2v) is 9.88. The number of allylic oxidation sites excluding steroid dienone is 6. The van der Waals surface area contributed by atoms with Crippen molar-refractivity contribution in [1.29, 1.82) is 0 Å². The summed E-state index contributed by atoms with van der Waals surface area (Å²) >= 11 is 0. The highest BCUT2D eigenvalue weighted by Gasteiger charge is 2.30. The van der Waals surface area contributed by atoms with Gasteiger partial charge in [-0.2, -0.15) is 0 Å². The molecule has 5 heteroatoms. The third-order valence-corrected chi connectivity index (χ3v) is 7.27. The van der Waals surface area contributed by atoms with E-state index >= 15 is 0 Å². The van der Waals surface area contributed by atoms with Crippen molar-refractivity contribution < 1.29 is 14.3 Å². The van der Waals surface area contributed by atoms with Crippen LogP contribution in [0.5, 0.6) is 17.4 Å². The van der Waals surface area contributed by atoms with Gasteiger partial charge < -0.3 is 9.47 Å². The molecule has 0 spiro atoms. The van der Waals surface area contributed by atoms with E-state index in [4.69, 9.17) is 9.47 Å². The first-order chi connectivity index (χ1) is 20.1. The van der Waals surface area contributed by atoms with Crippen LogP contribution in [0.25, 0.3) is 16.6 Å². The van der Waals surface area contributed by atoms with E-state index < -0.39 is 5.41 Å². The minimum atomic E-state index is -0.532. The van der Waals surface area contributed by atoms with E-state index in [1.807, 2.05) is 97.1 Å². The third-order valence-electron chi connectivity index (χ3n) is 7.27. The fourth-order valence-electron chi connectivity index (χ4n) is 5.05. The number of rotatable bonds is 8. The van der Waals surface area contributed by atoms with Crippen LogP contribution >= 0.6 is 0 Å². The van der Waals surface area contributed by atoms with Gasteiger partial charge in [-0.15, -0.1) is 0 Å². The highest BCUT2D eigenvalue weighted by molar-refractivity contribution is 6.04. The number of ketones is 1. The molecular formula is C36H28N2O3. The standard InChI is InChI=1S/C36H28N2O3/c1-40-30-17-13-26(14-18-30)28-10-7-22-36(24-28,23-21-34(39)27-8-3-2-4-9-27)29-15-19-31(20-16-29)41-35-25-37-32-11-5-6-12-33(32)38-35/h2-23,25H,24H2,1H3/b23-21+. The number of nitrogens with zero attached hydrogens (tertiary/aromatic N) is 2. The molecule has 1 aliphatic carbocycles. The Morgan fingerprint density at radius 2 is 1.54 bits per heavy atom. The molecule has 5 aromatic rings. The van der Waals surface area contributed by atoms with E-state index in [0.717, 1.165) is 27.9 Å². The molecule has 1 heterocycles. The number of aromatic nitrogens is 2. The number of hydrogen-bond acceptors (Lipinski definition) is 5. The number of benzene rings is 4. The van der Waals surface area contributed by atoms with Crippen LogP contribution in [-0.2, 0) is 5.41 Å². The molecule has 1 unspecified atom stereocenters. The van der Waals surface area contributed by atoms with E-state index in [9.17, 15) is 4.79 Å². The molecule has 0 bridgehead atoms. The second kappa shape index (κ2) is 11.4. The topological polar surface area (TPSA) is 61.3 Å². The molecule has 200 valence electrons. The summed E-state index contributed by atoms with van der Waals surface area (Å²) in [5, 5.41) is 0. The van der Waals surface area contributed by atoms with Crippen molar-refractivity contribution in [3.05, 3.63) is 156 Å². The molecule has 0 radical (unpaired) electrons. The number of hydrogen-bond donors (Lipinski definition) is 0. The van der Waals surface area contributed by atoms with Gasteiger partial charge in [-0.3, -0.25) is 4.79 Å². The van der Waals surface area contributed by atoms with E-state index in [2.05, 4.69) is 40.3 Å². The summed E-state index contributed by atoms with van der Waals surface area (Å²) in [5.74, 6) is 1.87. The van der Waals surface area contributed by atoms with Gasteiger partial charge in [-0.1, -0.05) is 91.0 Å². The molecule has 0 amide bonds. The van der Waals surface area contributed by atoms with Crippen molar-refractivity contribution in [1.82, 2.24) is 9.97 Å². The van der Waals surface area contributed by atoms with E-state index in [1.54, 1.807) is 19.4 Å². The van der Waals surface area contributed by atoms with Crippen molar-refractivity contribution in [3.63, 3.8) is 0 Å². The lowest BCUT2D eigenvalue weighted by Crippen LogP contribution is -2.23. The van der Waals surface area contributed by atoms with Crippen LogP contribution < -0.4 is 9.47 Å². The summed E-state index contributed by atoms with van der Waals surface area (Å²) in [6, 6.07) is 33.0. The summed E-state index contributed by atoms with van der Waals surface area (Å²) in [5.41, 5.74) is 5.04. The minimum Gasteiger partial charge on any atom is -0.497 e. The number of ether oxygens (including phenoxy) is 2. The SMILES string of the molecule is COc1ccc(C2=CC=CC(/C=C/C(=O)c3ccccc3)(c3ccc(Oc4cnc5ccccc5n4)cc3)C2)cc1. The van der Waals surface area contributed by atoms with Crippen LogP contribution in [0.3, 0.4) is 0 Å². The first kappa shape index (κ1) is 26.0. The molecule has 1 aromatic heterocycles. The number of carbonyl (C=O) groups excluding carboxylic acids is 1. The van der Waals surface area contributed by atoms with Gasteiger partial charge in [0.2, 0.25) is 5.88 Å². The first-order valence-corrected chi connectivity index (χ1v) is 13.4. The number of carbonyl (C=O) groups is 1. The van der Waals surface area contributed by atoms with Crippen molar-refractivity contribution in [2.45, 2.75) is 11.8 Å². The van der Waals surface area contributed by atoms with E-state index in [-0.39, 0.29) is 5.78 Å². The fraction of sp³-hybridized carbons (Fsp3) is 0.0833. The molecular weight excluding hydrogens is 508 g/mol. The molecule has 5 nitrogen and oxygen atoms in total. The van der Waals surface area contributed by atoms with Gasteiger partial charge >= 0.3 is 0 Å². The maximum Gasteiger partial charge on any atom is 0.238 e. The van der Waals surface area contributed by atoms with Gasteiger partial charge in [0.05, 0.1) is 24.3 Å². The molecule has 0 fully saturated rings. The van der Waals surface area contributed by atoms with Gasteiger partial charge in [0.15, 0.2) is 5.78 Å². The van der Waals surface area contributed by atoms with Crippen LogP contribution in [0.1, 0.15) is 27.9 Å². The zero-order valence-corrected chi connectivity index (χ0v) is 22.6. The lowest BCUT2D eigenvalue weighted by molar-refractivity contribution is 0.104. The smallest absolute Gasteiger partial charge is 0.238 e. The molecule has 0 N–H and O–H groups in total. The summed E-state index contributed by atoms with van der Waals surface area (Å²) in [4.78, 5) is 22.1. The van der Waals surface area contributed by atoms with Gasteiger partial charge in [0, 0.05) is 11.0 Å². The Kier molecular flexibility index (Phi) is 7.25. The van der Waals surface area contributed by atoms with Gasteiger partial charge in [0.1, 0.15) is 11.5 Å². The van der Waals surface area contributed by atoms with E-state index in [0.29, 0.717) is 23.6 Å². The van der Waals surface area contributed by atoms with Gasteiger partial charge in [-0.25, -0.2) is 9.97 Å². The maximum atomic E-state index is 13.1. The Hall–Kier alpha value is -5.29. The average Bonchev–Trinajstić information content (AvgIpc) is 3.04. The van der Waals surface area contributed by atoms with Crippen LogP contribution in [0.15, 0.2) is 140 Å². The number of fused-ring (bicyclic) bond motifs is 1. The zero-order chi connectivity index (χ0) is 28.1. The van der Waals surface area contributed by atoms with Crippen LogP contribution in [0, 0.1) is 0 Å². The second-order valence-electron chi connectivity index (χ2n) is 9.88. The highest BCUT2D eigenvalue weighted by atomic mass is 16.5. The lowest BCUT2D eigenvalue weighted by Gasteiger charge is -2.32. The number of methoxy groups -OCH3 is 1. The van der Waals surface area contributed by atoms with Crippen LogP contribution in [0.2, 0.25) is 0 Å². The Morgan fingerprint density at radius 3 is 2.29 bits per heavy atom. The van der Waals surface area contributed by atoms with Crippen LogP contribution in [0.4, 0.5) is 0 Å². The van der Waals surface area contributed by atoms with Crippen LogP contribution in [-0.4, -0.2) is 22.9 Å². The molecule has 0 saturated carbocycles. The molecule has 6 rings (SSSR count). The monoisotopic (exact) mass is 536 g/mol. The highest BCUT2D eigenvalue weighted by Crippen LogP contribution is 2.41. The average molecular weight is 537 g/mol. The molecule has 41 heavy (non-hydrogen) atoms. The molecule has 0 aliphatic heterocycles. The summed E-state index contributed by atoms with van der Waals surface area (Å²) in [6.07, 6.45) is 12.4. The van der Waals surface area contributed by atoms with Crippen molar-refractivity contribution in [2.24, 2.45) is 0 Å². The first-order valence-electron chi connectivity index (χ1n) is 13.4. The van der Waals surface area contributed by atoms with E-state index in [1.165, 1.54) is 5.57 Å². The van der Waals surface area contributed by atoms with Gasteiger partial charge in [0.25, 0.3) is 0 Å². The molecule has 4 aromatic carbocycles. The third kappa shape index (κ3) is 5.70. The molecule has 0 saturated heterocycles. The Morgan fingerprint density at radius 1 is 0.829 bits per heavy atom. The summed E-state index contributed by atoms with van der Waals surface area (Å²) in [7, 11) is 1.66. The molecule has 1 aliphatic rings. The maximum absolute atomic E-state index is 13.1. The van der Waals surface area contributed by atoms with Crippen molar-refractivity contribution in [2.75, 3.05) is 7.11 Å². The summed E-state index contributed by atoms with van der Waals surface area (Å²) < 4.78 is 11.4. The zero-order valence-electron chi connectivity index (χ0n) is 22.6. The van der Waals surface area contributed by atoms with Crippen molar-refractivity contribution >= 4 is 22.4 Å². The minimum absolute atomic E-state index is 0.0336. The Labute approximate surface area is 239 Å². The Balaban J connectivity index is 1.31. The Bertz CT molecular complexity index is 1770. The predicted octanol–water partition coefficient (Wildman–Crippen LogP) is 8.15. The number of para-hydroxylation sites is 2. The molecule has 1 atom stereocenters. The predicted molar refractivity (Wildman–Crippen MR) is 162 cm³/mol. The van der Waals surface area contributed by atoms with Crippen molar-refractivity contribution in [3.8, 4) is 17.4 Å². The van der Waals surface area contributed by atoms with Gasteiger partial charge in [-0.05, 0) is 65.6 Å². The quantitative estimate of drug-likeness (QED) is 0.148. The fourth-order valence-corrected chi connectivity index (χ4v) is 5.05.